The minimum atomic E-state index is -0.667. The number of methoxy groups -OCH3 is 1. The Balaban J connectivity index is 1.94. The summed E-state index contributed by atoms with van der Waals surface area (Å²) in [5.74, 6) is -0.814. The lowest BCUT2D eigenvalue weighted by Gasteiger charge is -2.38. The van der Waals surface area contributed by atoms with E-state index in [-0.39, 0.29) is 11.6 Å². The molecule has 3 rings (SSSR count). The predicted molar refractivity (Wildman–Crippen MR) is 86.7 cm³/mol. The molecule has 1 amide bonds. The van der Waals surface area contributed by atoms with Crippen LogP contribution in [0.2, 0.25) is 0 Å². The maximum Gasteiger partial charge on any atom is 0.279 e. The summed E-state index contributed by atoms with van der Waals surface area (Å²) in [6.45, 7) is 0. The molecule has 3 N–H and O–H groups in total. The van der Waals surface area contributed by atoms with Crippen LogP contribution >= 0.6 is 0 Å². The van der Waals surface area contributed by atoms with E-state index in [2.05, 4.69) is 15.3 Å². The second-order valence-electron chi connectivity index (χ2n) is 5.99. The maximum atomic E-state index is 13.7. The molecule has 25 heavy (non-hydrogen) atoms. The normalized spacial score (nSPS) is 20.4. The molecule has 7 nitrogen and oxygen atoms in total. The van der Waals surface area contributed by atoms with Crippen LogP contribution < -0.4 is 15.6 Å². The van der Waals surface area contributed by atoms with Gasteiger partial charge in [-0.15, -0.1) is 0 Å². The Labute approximate surface area is 142 Å². The average Bonchev–Trinajstić information content (AvgIpc) is 2.57. The van der Waals surface area contributed by atoms with Gasteiger partial charge in [0.2, 0.25) is 0 Å². The smallest absolute Gasteiger partial charge is 0.279 e. The van der Waals surface area contributed by atoms with E-state index in [9.17, 15) is 19.1 Å². The fourth-order valence-corrected chi connectivity index (χ4v) is 3.02. The van der Waals surface area contributed by atoms with Gasteiger partial charge in [-0.05, 0) is 37.0 Å². The molecule has 8 heteroatoms. The average molecular weight is 347 g/mol. The van der Waals surface area contributed by atoms with Crippen LogP contribution in [0.25, 0.3) is 0 Å². The van der Waals surface area contributed by atoms with Gasteiger partial charge in [0.25, 0.3) is 11.5 Å². The number of nitrogens with one attached hydrogen (secondary N) is 2. The van der Waals surface area contributed by atoms with Crippen molar-refractivity contribution in [2.75, 3.05) is 7.11 Å². The van der Waals surface area contributed by atoms with E-state index in [0.717, 1.165) is 0 Å². The zero-order valence-electron chi connectivity index (χ0n) is 13.5. The monoisotopic (exact) mass is 347 g/mol. The third-order valence-electron chi connectivity index (χ3n) is 4.36. The second kappa shape index (κ2) is 7.02. The van der Waals surface area contributed by atoms with Crippen LogP contribution in [-0.2, 0) is 0 Å². The van der Waals surface area contributed by atoms with E-state index in [4.69, 9.17) is 4.74 Å². The Hall–Kier alpha value is -2.74. The first-order chi connectivity index (χ1) is 12.0. The van der Waals surface area contributed by atoms with Crippen LogP contribution in [0.3, 0.4) is 0 Å². The van der Waals surface area contributed by atoms with E-state index in [1.54, 1.807) is 0 Å². The lowest BCUT2D eigenvalue weighted by molar-refractivity contribution is 0.0230. The zero-order chi connectivity index (χ0) is 18.0. The number of aromatic nitrogens is 2. The highest BCUT2D eigenvalue weighted by molar-refractivity contribution is 5.92. The summed E-state index contributed by atoms with van der Waals surface area (Å²) in [4.78, 5) is 30.4. The van der Waals surface area contributed by atoms with Gasteiger partial charge in [-0.3, -0.25) is 9.59 Å². The SMILES string of the molecule is COc1ccc(F)cc1C(NC(=O)c1ncc[nH]c1=O)C1CC(O)C1. The molecule has 1 aromatic carbocycles. The molecule has 1 atom stereocenters. The van der Waals surface area contributed by atoms with Gasteiger partial charge in [0.1, 0.15) is 11.6 Å². The van der Waals surface area contributed by atoms with Crippen LogP contribution in [0.15, 0.2) is 35.4 Å². The van der Waals surface area contributed by atoms with Crippen LogP contribution in [-0.4, -0.2) is 34.2 Å². The van der Waals surface area contributed by atoms with Crippen molar-refractivity contribution in [1.82, 2.24) is 15.3 Å². The number of carbonyl (C=O) groups is 1. The Morgan fingerprint density at radius 1 is 1.48 bits per heavy atom. The first-order valence-electron chi connectivity index (χ1n) is 7.85. The number of halogens is 1. The van der Waals surface area contributed by atoms with Crippen LogP contribution in [0.5, 0.6) is 5.75 Å². The minimum Gasteiger partial charge on any atom is -0.496 e. The first-order valence-corrected chi connectivity index (χ1v) is 7.85. The van der Waals surface area contributed by atoms with Crippen LogP contribution in [0.4, 0.5) is 4.39 Å². The molecule has 0 aliphatic heterocycles. The minimum absolute atomic E-state index is 0.0996. The molecular weight excluding hydrogens is 329 g/mol. The quantitative estimate of drug-likeness (QED) is 0.753. The molecule has 1 aliphatic rings. The lowest BCUT2D eigenvalue weighted by atomic mass is 9.74. The molecule has 2 aromatic rings. The number of ether oxygens (including phenoxy) is 1. The van der Waals surface area contributed by atoms with E-state index >= 15 is 0 Å². The topological polar surface area (TPSA) is 104 Å². The lowest BCUT2D eigenvalue weighted by Crippen LogP contribution is -2.43. The fraction of sp³-hybridized carbons (Fsp3) is 0.353. The third kappa shape index (κ3) is 3.53. The van der Waals surface area contributed by atoms with E-state index < -0.39 is 29.4 Å². The number of aliphatic hydroxyl groups is 1. The van der Waals surface area contributed by atoms with Gasteiger partial charge in [-0.2, -0.15) is 0 Å². The van der Waals surface area contributed by atoms with Crippen molar-refractivity contribution in [3.05, 3.63) is 58.0 Å². The highest BCUT2D eigenvalue weighted by Crippen LogP contribution is 2.41. The maximum absolute atomic E-state index is 13.7. The van der Waals surface area contributed by atoms with Crippen molar-refractivity contribution in [3.63, 3.8) is 0 Å². The molecule has 132 valence electrons. The van der Waals surface area contributed by atoms with Crippen LogP contribution in [0, 0.1) is 11.7 Å². The number of hydrogen-bond acceptors (Lipinski definition) is 5. The van der Waals surface area contributed by atoms with Gasteiger partial charge in [-0.1, -0.05) is 0 Å². The van der Waals surface area contributed by atoms with Crippen molar-refractivity contribution in [2.24, 2.45) is 5.92 Å². The van der Waals surface area contributed by atoms with Crippen molar-refractivity contribution < 1.29 is 19.0 Å². The summed E-state index contributed by atoms with van der Waals surface area (Å²) in [5.41, 5.74) is -0.429. The molecule has 0 bridgehead atoms. The summed E-state index contributed by atoms with van der Waals surface area (Å²) in [6, 6.07) is 3.42. The summed E-state index contributed by atoms with van der Waals surface area (Å²) in [6.07, 6.45) is 3.10. The zero-order valence-corrected chi connectivity index (χ0v) is 13.5. The number of hydrogen-bond donors (Lipinski definition) is 3. The van der Waals surface area contributed by atoms with Crippen molar-refractivity contribution >= 4 is 5.91 Å². The standard InChI is InChI=1S/C17H18FN3O4/c1-25-13-3-2-10(18)8-12(13)14(9-6-11(22)7-9)21-17(24)15-16(23)20-5-4-19-15/h2-5,8-9,11,14,22H,6-7H2,1H3,(H,20,23)(H,21,24). The number of carbonyl (C=O) groups excluding carboxylic acids is 1. The van der Waals surface area contributed by atoms with Gasteiger partial charge in [-0.25, -0.2) is 9.37 Å². The number of benzene rings is 1. The molecule has 1 aromatic heterocycles. The summed E-state index contributed by atoms with van der Waals surface area (Å²) < 4.78 is 19.0. The molecule has 1 aliphatic carbocycles. The predicted octanol–water partition coefficient (Wildman–Crippen LogP) is 1.16. The number of nitrogens with zero attached hydrogens (tertiary/aromatic N) is 1. The van der Waals surface area contributed by atoms with E-state index in [0.29, 0.717) is 24.2 Å². The largest absolute Gasteiger partial charge is 0.496 e. The molecule has 1 unspecified atom stereocenters. The first kappa shape index (κ1) is 17.1. The number of aromatic amines is 1. The summed E-state index contributed by atoms with van der Waals surface area (Å²) in [7, 11) is 1.45. The number of amides is 1. The van der Waals surface area contributed by atoms with Crippen molar-refractivity contribution in [1.29, 1.82) is 0 Å². The molecular formula is C17H18FN3O4. The second-order valence-corrected chi connectivity index (χ2v) is 5.99. The molecule has 1 heterocycles. The van der Waals surface area contributed by atoms with Crippen molar-refractivity contribution in [3.8, 4) is 5.75 Å². The Kier molecular flexibility index (Phi) is 4.80. The molecule has 1 saturated carbocycles. The molecule has 0 spiro atoms. The van der Waals surface area contributed by atoms with E-state index in [1.165, 1.54) is 37.7 Å². The number of H-pyrrole nitrogens is 1. The summed E-state index contributed by atoms with van der Waals surface area (Å²) in [5, 5.41) is 12.3. The highest BCUT2D eigenvalue weighted by atomic mass is 19.1. The van der Waals surface area contributed by atoms with Crippen LogP contribution in [0.1, 0.15) is 34.9 Å². The number of aliphatic hydroxyl groups excluding tert-OH is 1. The third-order valence-corrected chi connectivity index (χ3v) is 4.36. The van der Waals surface area contributed by atoms with E-state index in [1.807, 2.05) is 0 Å². The molecule has 0 radical (unpaired) electrons. The molecule has 0 saturated heterocycles. The van der Waals surface area contributed by atoms with Gasteiger partial charge >= 0.3 is 0 Å². The molecule has 1 fully saturated rings. The Bertz CT molecular complexity index is 833. The Morgan fingerprint density at radius 2 is 2.24 bits per heavy atom. The Morgan fingerprint density at radius 3 is 2.88 bits per heavy atom. The van der Waals surface area contributed by atoms with Gasteiger partial charge in [0.15, 0.2) is 5.69 Å². The van der Waals surface area contributed by atoms with Crippen molar-refractivity contribution in [2.45, 2.75) is 25.0 Å². The highest BCUT2D eigenvalue weighted by Gasteiger charge is 2.37. The number of rotatable bonds is 5. The fourth-order valence-electron chi connectivity index (χ4n) is 3.02. The van der Waals surface area contributed by atoms with Gasteiger partial charge in [0.05, 0.1) is 19.3 Å². The summed E-state index contributed by atoms with van der Waals surface area (Å²) >= 11 is 0. The van der Waals surface area contributed by atoms with Gasteiger partial charge in [0, 0.05) is 18.0 Å². The van der Waals surface area contributed by atoms with Gasteiger partial charge < -0.3 is 20.1 Å².